The Bertz CT molecular complexity index is 1730. The number of carbonyl (C=O) groups is 6. The Labute approximate surface area is 355 Å². The third-order valence-electron chi connectivity index (χ3n) is 8.46. The first kappa shape index (κ1) is 48.0. The largest absolute Gasteiger partial charge is 0.464 e. The number of sulfone groups is 1. The Hall–Kier alpha value is -2.37. The molecule has 1 fully saturated rings. The summed E-state index contributed by atoms with van der Waals surface area (Å²) in [5, 5.41) is 1.98. The third kappa shape index (κ3) is 13.6. The van der Waals surface area contributed by atoms with E-state index in [0.29, 0.717) is 17.4 Å². The number of benzene rings is 2. The van der Waals surface area contributed by atoms with Crippen LogP contribution in [0.4, 0.5) is 0 Å². The van der Waals surface area contributed by atoms with E-state index in [4.69, 9.17) is 9.47 Å². The molecule has 1 aliphatic heterocycles. The van der Waals surface area contributed by atoms with Crippen LogP contribution in [0.2, 0.25) is 0 Å². The fourth-order valence-corrected chi connectivity index (χ4v) is 12.5. The van der Waals surface area contributed by atoms with Gasteiger partial charge in [-0.3, -0.25) is 19.1 Å². The molecule has 2 aromatic rings. The standard InChI is InChI=1S/C35H46N4O10S7/c1-3-48-33(43)27(19-53-39-26(18-51)35(45)52)36-31(41)24-15-25(32(42)37-28(34(44)49-4-2)20-54-55-38-23(16-40)17-50)30(22-13-9-6-10-14-22)56(46,47)29(24)21-11-7-5-8-12-21/h5-14,16,23-30,38-39,50-51H,3-4,15,17-20H2,1-2H3,(H,36,41)(H,37,42)(H,45,52)/t23-,24?,25?,26+,27?,28?,29?,30?/m1/s1. The summed E-state index contributed by atoms with van der Waals surface area (Å²) in [6.07, 6.45) is 0.387. The third-order valence-corrected chi connectivity index (χ3v) is 15.1. The predicted molar refractivity (Wildman–Crippen MR) is 230 cm³/mol. The van der Waals surface area contributed by atoms with Crippen molar-refractivity contribution < 1.29 is 46.7 Å². The maximum Gasteiger partial charge on any atom is 0.329 e. The van der Waals surface area contributed by atoms with Crippen LogP contribution < -0.4 is 20.1 Å². The van der Waals surface area contributed by atoms with Gasteiger partial charge in [-0.15, -0.1) is 12.6 Å². The zero-order valence-corrected chi connectivity index (χ0v) is 36.4. The van der Waals surface area contributed by atoms with Crippen LogP contribution in [0.25, 0.3) is 0 Å². The van der Waals surface area contributed by atoms with Crippen LogP contribution in [-0.4, -0.2) is 104 Å². The van der Waals surface area contributed by atoms with Crippen LogP contribution >= 0.6 is 71.6 Å². The zero-order chi connectivity index (χ0) is 41.3. The number of nitrogens with one attached hydrogen (secondary N) is 4. The van der Waals surface area contributed by atoms with Gasteiger partial charge in [0.15, 0.2) is 9.84 Å². The van der Waals surface area contributed by atoms with Crippen molar-refractivity contribution in [3.8, 4) is 0 Å². The zero-order valence-electron chi connectivity index (χ0n) is 30.5. The molecule has 1 heterocycles. The lowest BCUT2D eigenvalue weighted by Gasteiger charge is -2.41. The van der Waals surface area contributed by atoms with Gasteiger partial charge in [0.2, 0.25) is 16.9 Å². The minimum Gasteiger partial charge on any atom is -0.464 e. The van der Waals surface area contributed by atoms with Crippen LogP contribution in [-0.2, 0) is 48.1 Å². The van der Waals surface area contributed by atoms with Gasteiger partial charge >= 0.3 is 11.9 Å². The van der Waals surface area contributed by atoms with Crippen LogP contribution in [0, 0.1) is 11.8 Å². The summed E-state index contributed by atoms with van der Waals surface area (Å²) in [5.41, 5.74) is 0.616. The van der Waals surface area contributed by atoms with Crippen molar-refractivity contribution in [3.63, 3.8) is 0 Å². The molecular formula is C35H46N4O10S7. The van der Waals surface area contributed by atoms with Crippen molar-refractivity contribution in [1.29, 1.82) is 0 Å². The highest BCUT2D eigenvalue weighted by Crippen LogP contribution is 2.51. The Morgan fingerprint density at radius 3 is 1.66 bits per heavy atom. The van der Waals surface area contributed by atoms with E-state index in [2.05, 4.69) is 58.0 Å². The highest BCUT2D eigenvalue weighted by atomic mass is 33.1. The molecule has 2 aromatic carbocycles. The molecule has 4 N–H and O–H groups in total. The van der Waals surface area contributed by atoms with Gasteiger partial charge < -0.3 is 24.9 Å². The second-order valence-corrected chi connectivity index (χ2v) is 18.6. The van der Waals surface area contributed by atoms with Crippen LogP contribution in [0.1, 0.15) is 41.9 Å². The molecule has 0 spiro atoms. The summed E-state index contributed by atoms with van der Waals surface area (Å²) in [5.74, 6) is -5.76. The number of amides is 2. The summed E-state index contributed by atoms with van der Waals surface area (Å²) in [4.78, 5) is 78.1. The van der Waals surface area contributed by atoms with E-state index < -0.39 is 85.2 Å². The van der Waals surface area contributed by atoms with Crippen molar-refractivity contribution in [2.75, 3.05) is 36.2 Å². The molecule has 0 radical (unpaired) electrons. The lowest BCUT2D eigenvalue weighted by molar-refractivity contribution is -0.147. The molecule has 3 rings (SSSR count). The van der Waals surface area contributed by atoms with Crippen molar-refractivity contribution in [3.05, 3.63) is 71.8 Å². The molecule has 0 aromatic heterocycles. The van der Waals surface area contributed by atoms with Crippen LogP contribution in [0.15, 0.2) is 60.7 Å². The number of ether oxygens (including phenoxy) is 2. The number of thiol groups is 3. The first-order chi connectivity index (χ1) is 26.8. The van der Waals surface area contributed by atoms with Crippen molar-refractivity contribution in [2.45, 2.75) is 54.9 Å². The lowest BCUT2D eigenvalue weighted by Crippen LogP contribution is -2.54. The average Bonchev–Trinajstić information content (AvgIpc) is 3.18. The molecule has 0 aliphatic carbocycles. The van der Waals surface area contributed by atoms with Gasteiger partial charge in [0.05, 0.1) is 47.6 Å². The van der Waals surface area contributed by atoms with Crippen molar-refractivity contribution >= 4 is 117 Å². The summed E-state index contributed by atoms with van der Waals surface area (Å²) in [7, 11) is -2.26. The highest BCUT2D eigenvalue weighted by Gasteiger charge is 2.55. The number of rotatable bonds is 23. The smallest absolute Gasteiger partial charge is 0.329 e. The average molecular weight is 907 g/mol. The van der Waals surface area contributed by atoms with Gasteiger partial charge in [-0.2, -0.15) is 25.3 Å². The maximum absolute atomic E-state index is 15.0. The minimum atomic E-state index is -4.45. The number of hydrogen-bond donors (Lipinski definition) is 7. The van der Waals surface area contributed by atoms with E-state index in [9.17, 15) is 28.8 Å². The Balaban J connectivity index is 2.05. The topological polar surface area (TPSA) is 203 Å². The highest BCUT2D eigenvalue weighted by molar-refractivity contribution is 8.76. The predicted octanol–water partition coefficient (Wildman–Crippen LogP) is 2.99. The first-order valence-corrected chi connectivity index (χ1v) is 24.0. The van der Waals surface area contributed by atoms with Gasteiger partial charge in [0.25, 0.3) is 0 Å². The summed E-state index contributed by atoms with van der Waals surface area (Å²) >= 11 is 13.0. The molecule has 1 saturated heterocycles. The summed E-state index contributed by atoms with van der Waals surface area (Å²) in [6, 6.07) is 12.5. The molecule has 1 aliphatic rings. The maximum atomic E-state index is 15.0. The minimum absolute atomic E-state index is 0.00919. The van der Waals surface area contributed by atoms with Crippen LogP contribution in [0.3, 0.4) is 0 Å². The fraction of sp³-hybridized carbons (Fsp3) is 0.486. The monoisotopic (exact) mass is 906 g/mol. The first-order valence-electron chi connectivity index (χ1n) is 17.4. The fourth-order valence-electron chi connectivity index (χ4n) is 5.84. The Morgan fingerprint density at radius 1 is 0.768 bits per heavy atom. The number of aldehydes is 1. The van der Waals surface area contributed by atoms with Gasteiger partial charge in [-0.05, 0) is 42.4 Å². The number of esters is 2. The molecule has 6 unspecified atom stereocenters. The molecule has 0 saturated carbocycles. The number of carbonyl (C=O) groups excluding carboxylic acids is 6. The van der Waals surface area contributed by atoms with E-state index in [1.54, 1.807) is 74.5 Å². The molecule has 14 nitrogen and oxygen atoms in total. The van der Waals surface area contributed by atoms with Crippen molar-refractivity contribution in [1.82, 2.24) is 20.1 Å². The molecule has 2 amide bonds. The van der Waals surface area contributed by atoms with E-state index >= 15 is 8.42 Å². The van der Waals surface area contributed by atoms with Gasteiger partial charge in [0.1, 0.15) is 18.4 Å². The van der Waals surface area contributed by atoms with Gasteiger partial charge in [-0.25, -0.2) is 22.7 Å². The second-order valence-electron chi connectivity index (χ2n) is 12.2. The van der Waals surface area contributed by atoms with Gasteiger partial charge in [0, 0.05) is 23.0 Å². The molecular weight excluding hydrogens is 861 g/mol. The Kier molecular flexibility index (Phi) is 21.0. The molecule has 56 heavy (non-hydrogen) atoms. The molecule has 21 heteroatoms. The van der Waals surface area contributed by atoms with E-state index in [-0.39, 0.29) is 42.6 Å². The summed E-state index contributed by atoms with van der Waals surface area (Å²) in [6.45, 7) is 3.19. The molecule has 308 valence electrons. The molecule has 0 bridgehead atoms. The van der Waals surface area contributed by atoms with E-state index in [1.165, 1.54) is 0 Å². The quantitative estimate of drug-likeness (QED) is 0.0214. The number of hydrogen-bond acceptors (Lipinski definition) is 17. The Morgan fingerprint density at radius 2 is 1.25 bits per heavy atom. The van der Waals surface area contributed by atoms with Crippen molar-refractivity contribution in [2.24, 2.45) is 11.8 Å². The molecule has 8 atom stereocenters. The van der Waals surface area contributed by atoms with E-state index in [1.807, 2.05) is 0 Å². The SMILES string of the molecule is CCOC(=O)C(CSN[C@@H](CS)C(=O)S)NC(=O)C1CC(C(=O)NC(CSSN[C@H](C=O)CS)C(=O)OCC)C(c2ccccc2)S(=O)(=O)C1c1ccccc1. The van der Waals surface area contributed by atoms with Crippen LogP contribution in [0.5, 0.6) is 0 Å². The second kappa shape index (κ2) is 24.5. The normalized spacial score (nSPS) is 21.0. The van der Waals surface area contributed by atoms with Gasteiger partial charge in [-0.1, -0.05) is 83.4 Å². The lowest BCUT2D eigenvalue weighted by atomic mass is 9.83. The van der Waals surface area contributed by atoms with E-state index in [0.717, 1.165) is 33.7 Å². The summed E-state index contributed by atoms with van der Waals surface area (Å²) < 4.78 is 46.2.